The van der Waals surface area contributed by atoms with E-state index in [-0.39, 0.29) is 17.7 Å². The molecule has 5 heteroatoms. The molecule has 0 unspecified atom stereocenters. The van der Waals surface area contributed by atoms with Gasteiger partial charge in [-0.15, -0.1) is 0 Å². The Balaban J connectivity index is 1.85. The molecule has 0 atom stereocenters. The molecule has 1 aromatic carbocycles. The molecule has 5 nitrogen and oxygen atoms in total. The van der Waals surface area contributed by atoms with Gasteiger partial charge >= 0.3 is 0 Å². The first-order valence-electron chi connectivity index (χ1n) is 6.51. The van der Waals surface area contributed by atoms with Gasteiger partial charge in [0, 0.05) is 18.5 Å². The molecule has 0 saturated heterocycles. The lowest BCUT2D eigenvalue weighted by molar-refractivity contribution is -0.117. The van der Waals surface area contributed by atoms with E-state index >= 15 is 0 Å². The molecule has 0 aromatic heterocycles. The van der Waals surface area contributed by atoms with Crippen molar-refractivity contribution in [1.82, 2.24) is 0 Å². The molecule has 3 rings (SSSR count). The fourth-order valence-electron chi connectivity index (χ4n) is 2.21. The summed E-state index contributed by atoms with van der Waals surface area (Å²) < 4.78 is 5.52. The Labute approximate surface area is 111 Å². The smallest absolute Gasteiger partial charge is 0.227 e. The molecule has 1 N–H and O–H groups in total. The highest BCUT2D eigenvalue weighted by atomic mass is 16.5. The van der Waals surface area contributed by atoms with Gasteiger partial charge in [-0.1, -0.05) is 0 Å². The maximum absolute atomic E-state index is 11.7. The number of hydrogen-bond donors (Lipinski definition) is 1. The zero-order valence-corrected chi connectivity index (χ0v) is 10.8. The molecule has 100 valence electrons. The Bertz CT molecular complexity index is 537. The quantitative estimate of drug-likeness (QED) is 0.881. The van der Waals surface area contributed by atoms with E-state index in [0.717, 1.165) is 18.5 Å². The minimum Gasteiger partial charge on any atom is -0.490 e. The van der Waals surface area contributed by atoms with Crippen LogP contribution in [-0.2, 0) is 9.59 Å². The van der Waals surface area contributed by atoms with Crippen molar-refractivity contribution in [2.45, 2.75) is 19.8 Å². The molecule has 1 aromatic rings. The van der Waals surface area contributed by atoms with E-state index in [9.17, 15) is 9.59 Å². The van der Waals surface area contributed by atoms with E-state index in [2.05, 4.69) is 5.32 Å². The number of nitrogens with zero attached hydrogens (tertiary/aromatic N) is 1. The third kappa shape index (κ3) is 2.41. The molecule has 1 aliphatic heterocycles. The SMILES string of the molecule is CC(=O)N1CCOc2ccc(NC(=O)C3CC3)cc21. The largest absolute Gasteiger partial charge is 0.490 e. The number of nitrogens with one attached hydrogen (secondary N) is 1. The van der Waals surface area contributed by atoms with Crippen molar-refractivity contribution in [2.75, 3.05) is 23.4 Å². The standard InChI is InChI=1S/C14H16N2O3/c1-9(17)16-6-7-19-13-5-4-11(8-12(13)16)15-14(18)10-2-3-10/h4-5,8,10H,2-3,6-7H2,1H3,(H,15,18). The number of carbonyl (C=O) groups is 2. The number of amides is 2. The molecule has 1 aliphatic carbocycles. The lowest BCUT2D eigenvalue weighted by Gasteiger charge is -2.29. The van der Waals surface area contributed by atoms with Crippen LogP contribution in [-0.4, -0.2) is 25.0 Å². The third-order valence-corrected chi connectivity index (χ3v) is 3.42. The van der Waals surface area contributed by atoms with E-state index < -0.39 is 0 Å². The number of rotatable bonds is 2. The van der Waals surface area contributed by atoms with Crippen molar-refractivity contribution in [3.8, 4) is 5.75 Å². The molecular weight excluding hydrogens is 244 g/mol. The van der Waals surface area contributed by atoms with Crippen LogP contribution < -0.4 is 15.0 Å². The van der Waals surface area contributed by atoms with Crippen LogP contribution in [0.4, 0.5) is 11.4 Å². The normalized spacial score (nSPS) is 17.4. The summed E-state index contributed by atoms with van der Waals surface area (Å²) in [6, 6.07) is 5.41. The van der Waals surface area contributed by atoms with E-state index in [1.54, 1.807) is 17.0 Å². The second-order valence-electron chi connectivity index (χ2n) is 4.97. The summed E-state index contributed by atoms with van der Waals surface area (Å²) in [6.07, 6.45) is 1.94. The Morgan fingerprint density at radius 3 is 2.84 bits per heavy atom. The van der Waals surface area contributed by atoms with Gasteiger partial charge in [0.05, 0.1) is 12.2 Å². The molecule has 2 aliphatic rings. The molecule has 0 radical (unpaired) electrons. The second-order valence-corrected chi connectivity index (χ2v) is 4.97. The minimum atomic E-state index is -0.0183. The fourth-order valence-corrected chi connectivity index (χ4v) is 2.21. The van der Waals surface area contributed by atoms with Gasteiger partial charge < -0.3 is 15.0 Å². The van der Waals surface area contributed by atoms with Crippen molar-refractivity contribution in [1.29, 1.82) is 0 Å². The molecule has 1 saturated carbocycles. The first-order valence-corrected chi connectivity index (χ1v) is 6.51. The maximum Gasteiger partial charge on any atom is 0.227 e. The summed E-state index contributed by atoms with van der Waals surface area (Å²) in [4.78, 5) is 25.0. The average molecular weight is 260 g/mol. The minimum absolute atomic E-state index is 0.0183. The van der Waals surface area contributed by atoms with Crippen molar-refractivity contribution in [2.24, 2.45) is 5.92 Å². The van der Waals surface area contributed by atoms with Gasteiger partial charge in [0.2, 0.25) is 11.8 Å². The van der Waals surface area contributed by atoms with E-state index in [1.807, 2.05) is 6.07 Å². The van der Waals surface area contributed by atoms with Crippen LogP contribution in [0, 0.1) is 5.92 Å². The van der Waals surface area contributed by atoms with Crippen LogP contribution in [0.15, 0.2) is 18.2 Å². The molecule has 0 bridgehead atoms. The lowest BCUT2D eigenvalue weighted by Crippen LogP contribution is -2.36. The highest BCUT2D eigenvalue weighted by Crippen LogP contribution is 2.35. The summed E-state index contributed by atoms with van der Waals surface area (Å²) in [6.45, 7) is 2.58. The van der Waals surface area contributed by atoms with Gasteiger partial charge in [-0.2, -0.15) is 0 Å². The van der Waals surface area contributed by atoms with E-state index in [0.29, 0.717) is 24.6 Å². The summed E-state index contributed by atoms with van der Waals surface area (Å²) in [7, 11) is 0. The zero-order valence-electron chi connectivity index (χ0n) is 10.8. The van der Waals surface area contributed by atoms with Crippen molar-refractivity contribution in [3.05, 3.63) is 18.2 Å². The van der Waals surface area contributed by atoms with Crippen LogP contribution in [0.25, 0.3) is 0 Å². The Kier molecular flexibility index (Phi) is 2.89. The van der Waals surface area contributed by atoms with Crippen molar-refractivity contribution >= 4 is 23.2 Å². The van der Waals surface area contributed by atoms with Gasteiger partial charge in [0.15, 0.2) is 0 Å². The Hall–Kier alpha value is -2.04. The predicted molar refractivity (Wildman–Crippen MR) is 71.3 cm³/mol. The number of carbonyl (C=O) groups excluding carboxylic acids is 2. The Morgan fingerprint density at radius 2 is 2.16 bits per heavy atom. The van der Waals surface area contributed by atoms with Gasteiger partial charge in [-0.25, -0.2) is 0 Å². The number of ether oxygens (including phenoxy) is 1. The highest BCUT2D eigenvalue weighted by Gasteiger charge is 2.30. The van der Waals surface area contributed by atoms with Crippen LogP contribution >= 0.6 is 0 Å². The molecule has 0 spiro atoms. The van der Waals surface area contributed by atoms with Gasteiger partial charge in [0.1, 0.15) is 12.4 Å². The van der Waals surface area contributed by atoms with Crippen molar-refractivity contribution < 1.29 is 14.3 Å². The van der Waals surface area contributed by atoms with E-state index in [4.69, 9.17) is 4.74 Å². The predicted octanol–water partition coefficient (Wildman–Crippen LogP) is 1.78. The topological polar surface area (TPSA) is 58.6 Å². The summed E-state index contributed by atoms with van der Waals surface area (Å²) in [5.74, 6) is 0.892. The first-order chi connectivity index (χ1) is 9.15. The van der Waals surface area contributed by atoms with Crippen LogP contribution in [0.3, 0.4) is 0 Å². The van der Waals surface area contributed by atoms with Crippen molar-refractivity contribution in [3.63, 3.8) is 0 Å². The molecular formula is C14H16N2O3. The summed E-state index contributed by atoms with van der Waals surface area (Å²) >= 11 is 0. The number of benzene rings is 1. The monoisotopic (exact) mass is 260 g/mol. The molecule has 1 fully saturated rings. The summed E-state index contributed by atoms with van der Waals surface area (Å²) in [5.41, 5.74) is 1.44. The third-order valence-electron chi connectivity index (χ3n) is 3.42. The second kappa shape index (κ2) is 4.57. The first kappa shape index (κ1) is 12.0. The summed E-state index contributed by atoms with van der Waals surface area (Å²) in [5, 5.41) is 2.88. The molecule has 19 heavy (non-hydrogen) atoms. The number of anilines is 2. The average Bonchev–Trinajstić information content (AvgIpc) is 3.22. The molecule has 2 amide bonds. The molecule has 1 heterocycles. The lowest BCUT2D eigenvalue weighted by atomic mass is 10.2. The van der Waals surface area contributed by atoms with Gasteiger partial charge in [-0.05, 0) is 31.0 Å². The van der Waals surface area contributed by atoms with Gasteiger partial charge in [-0.3, -0.25) is 9.59 Å². The highest BCUT2D eigenvalue weighted by molar-refractivity contribution is 5.97. The Morgan fingerprint density at radius 1 is 1.37 bits per heavy atom. The van der Waals surface area contributed by atoms with E-state index in [1.165, 1.54) is 6.92 Å². The maximum atomic E-state index is 11.7. The van der Waals surface area contributed by atoms with Gasteiger partial charge in [0.25, 0.3) is 0 Å². The van der Waals surface area contributed by atoms with Crippen LogP contribution in [0.2, 0.25) is 0 Å². The van der Waals surface area contributed by atoms with Crippen LogP contribution in [0.1, 0.15) is 19.8 Å². The van der Waals surface area contributed by atoms with Crippen LogP contribution in [0.5, 0.6) is 5.75 Å². The number of hydrogen-bond acceptors (Lipinski definition) is 3. The zero-order chi connectivity index (χ0) is 13.4. The fraction of sp³-hybridized carbons (Fsp3) is 0.429. The number of fused-ring (bicyclic) bond motifs is 1.